The van der Waals surface area contributed by atoms with Gasteiger partial charge in [-0.25, -0.2) is 0 Å². The van der Waals surface area contributed by atoms with E-state index < -0.39 is 6.04 Å². The van der Waals surface area contributed by atoms with Crippen LogP contribution >= 0.6 is 0 Å². The molecule has 1 N–H and O–H groups in total. The summed E-state index contributed by atoms with van der Waals surface area (Å²) in [6, 6.07) is 15.7. The number of fused-ring (bicyclic) bond motifs is 1. The van der Waals surface area contributed by atoms with Crippen LogP contribution in [0.1, 0.15) is 56.2 Å². The Bertz CT molecular complexity index is 943. The lowest BCUT2D eigenvalue weighted by molar-refractivity contribution is -0.119. The molecule has 0 radical (unpaired) electrons. The van der Waals surface area contributed by atoms with Crippen molar-refractivity contribution in [1.82, 2.24) is 0 Å². The van der Waals surface area contributed by atoms with Crippen molar-refractivity contribution in [2.24, 2.45) is 0 Å². The molecule has 0 saturated carbocycles. The second-order valence-corrected chi connectivity index (χ2v) is 7.64. The number of benzene rings is 2. The molecule has 0 fully saturated rings. The molecular weight excluding hydrogens is 348 g/mol. The van der Waals surface area contributed by atoms with E-state index in [1.54, 1.807) is 0 Å². The lowest BCUT2D eigenvalue weighted by Gasteiger charge is -2.34. The summed E-state index contributed by atoms with van der Waals surface area (Å²) in [6.45, 7) is 4.06. The van der Waals surface area contributed by atoms with Gasteiger partial charge in [-0.2, -0.15) is 0 Å². The normalized spacial score (nSPS) is 18.9. The molecule has 4 nitrogen and oxygen atoms in total. The summed E-state index contributed by atoms with van der Waals surface area (Å²) in [5.41, 5.74) is 5.58. The number of carbonyl (C=O) groups is 2. The van der Waals surface area contributed by atoms with Gasteiger partial charge in [0.05, 0.1) is 17.4 Å². The van der Waals surface area contributed by atoms with E-state index in [0.29, 0.717) is 12.8 Å². The summed E-state index contributed by atoms with van der Waals surface area (Å²) in [5, 5.41) is 3.49. The number of nitrogens with one attached hydrogen (secondary N) is 1. The van der Waals surface area contributed by atoms with Gasteiger partial charge < -0.3 is 5.32 Å². The van der Waals surface area contributed by atoms with Gasteiger partial charge in [-0.05, 0) is 43.9 Å². The van der Waals surface area contributed by atoms with Crippen molar-refractivity contribution in [1.29, 1.82) is 0 Å². The number of rotatable bonds is 3. The maximum atomic E-state index is 13.3. The lowest BCUT2D eigenvalue weighted by atomic mass is 9.85. The van der Waals surface area contributed by atoms with Crippen molar-refractivity contribution in [3.8, 4) is 0 Å². The van der Waals surface area contributed by atoms with Gasteiger partial charge in [-0.3, -0.25) is 14.5 Å². The molecule has 0 aromatic heterocycles. The number of hydrogen-bond donors (Lipinski definition) is 1. The van der Waals surface area contributed by atoms with E-state index in [4.69, 9.17) is 0 Å². The molecule has 28 heavy (non-hydrogen) atoms. The third kappa shape index (κ3) is 3.24. The van der Waals surface area contributed by atoms with Crippen molar-refractivity contribution in [2.45, 2.75) is 52.0 Å². The third-order valence-corrected chi connectivity index (χ3v) is 5.56. The quantitative estimate of drug-likeness (QED) is 0.793. The second kappa shape index (κ2) is 7.63. The van der Waals surface area contributed by atoms with Crippen LogP contribution < -0.4 is 10.2 Å². The first kappa shape index (κ1) is 18.5. The Kier molecular flexibility index (Phi) is 5.03. The van der Waals surface area contributed by atoms with Gasteiger partial charge in [0.2, 0.25) is 5.91 Å². The first-order valence-electron chi connectivity index (χ1n) is 10.1. The minimum absolute atomic E-state index is 0.0504. The largest absolute Gasteiger partial charge is 0.357 e. The third-order valence-electron chi connectivity index (χ3n) is 5.56. The van der Waals surface area contributed by atoms with Gasteiger partial charge in [-0.15, -0.1) is 0 Å². The minimum atomic E-state index is -0.390. The molecule has 0 bridgehead atoms. The Morgan fingerprint density at radius 2 is 1.86 bits per heavy atom. The highest BCUT2D eigenvalue weighted by atomic mass is 16.2. The molecule has 1 amide bonds. The zero-order chi connectivity index (χ0) is 19.7. The monoisotopic (exact) mass is 374 g/mol. The molecule has 1 atom stereocenters. The molecule has 1 aliphatic carbocycles. The number of para-hydroxylation sites is 2. The number of amides is 1. The standard InChI is InChI=1S/C24H26N2O2/c1-3-7-22(28)26-20-10-5-4-8-18(20)25-19-9-6-11-21(27)23(19)24(26)17-14-12-16(2)13-15-17/h4-5,8,10,12-15,24-25H,3,6-7,9,11H2,1-2H3/t24-/m1/s1. The highest BCUT2D eigenvalue weighted by Crippen LogP contribution is 2.45. The maximum Gasteiger partial charge on any atom is 0.227 e. The molecule has 0 spiro atoms. The second-order valence-electron chi connectivity index (χ2n) is 7.64. The van der Waals surface area contributed by atoms with E-state index in [2.05, 4.69) is 17.4 Å². The van der Waals surface area contributed by atoms with Crippen LogP contribution in [0.5, 0.6) is 0 Å². The Morgan fingerprint density at radius 1 is 1.11 bits per heavy atom. The van der Waals surface area contributed by atoms with Crippen molar-refractivity contribution in [3.63, 3.8) is 0 Å². The molecule has 4 rings (SSSR count). The highest BCUT2D eigenvalue weighted by molar-refractivity contribution is 6.06. The number of anilines is 2. The van der Waals surface area contributed by atoms with Gasteiger partial charge in [0.25, 0.3) is 0 Å². The van der Waals surface area contributed by atoms with Crippen LogP contribution in [0.2, 0.25) is 0 Å². The molecular formula is C24H26N2O2. The van der Waals surface area contributed by atoms with Crippen LogP contribution in [-0.4, -0.2) is 11.7 Å². The van der Waals surface area contributed by atoms with Gasteiger partial charge in [-0.1, -0.05) is 48.9 Å². The van der Waals surface area contributed by atoms with Gasteiger partial charge in [0.1, 0.15) is 0 Å². The van der Waals surface area contributed by atoms with Crippen molar-refractivity contribution in [3.05, 3.63) is 70.9 Å². The minimum Gasteiger partial charge on any atom is -0.357 e. The van der Waals surface area contributed by atoms with Gasteiger partial charge in [0.15, 0.2) is 5.78 Å². The Labute approximate surface area is 166 Å². The summed E-state index contributed by atoms with van der Waals surface area (Å²) >= 11 is 0. The molecule has 2 aromatic carbocycles. The maximum absolute atomic E-state index is 13.3. The molecule has 2 aromatic rings. The number of aryl methyl sites for hydroxylation is 1. The van der Waals surface area contributed by atoms with E-state index in [0.717, 1.165) is 53.0 Å². The van der Waals surface area contributed by atoms with Gasteiger partial charge in [0, 0.05) is 24.1 Å². The molecule has 1 aliphatic heterocycles. The van der Waals surface area contributed by atoms with Crippen molar-refractivity contribution < 1.29 is 9.59 Å². The number of allylic oxidation sites excluding steroid dienone is 1. The average Bonchev–Trinajstić information content (AvgIpc) is 2.84. The van der Waals surface area contributed by atoms with Crippen molar-refractivity contribution >= 4 is 23.1 Å². The molecule has 144 valence electrons. The first-order chi connectivity index (χ1) is 13.6. The van der Waals surface area contributed by atoms with Crippen molar-refractivity contribution in [2.75, 3.05) is 10.2 Å². The zero-order valence-electron chi connectivity index (χ0n) is 16.5. The summed E-state index contributed by atoms with van der Waals surface area (Å²) in [5.74, 6) is 0.191. The number of ketones is 1. The van der Waals surface area contributed by atoms with E-state index >= 15 is 0 Å². The first-order valence-corrected chi connectivity index (χ1v) is 10.1. The topological polar surface area (TPSA) is 49.4 Å². The SMILES string of the molecule is CCCC(=O)N1c2ccccc2NC2=C(C(=O)CCC2)[C@H]1c1ccc(C)cc1. The van der Waals surface area contributed by atoms with Crippen LogP contribution in [0.3, 0.4) is 0 Å². The number of carbonyl (C=O) groups excluding carboxylic acids is 2. The summed E-state index contributed by atoms with van der Waals surface area (Å²) in [6.07, 6.45) is 3.43. The Morgan fingerprint density at radius 3 is 2.61 bits per heavy atom. The van der Waals surface area contributed by atoms with Crippen LogP contribution in [0, 0.1) is 6.92 Å². The molecule has 2 aliphatic rings. The van der Waals surface area contributed by atoms with E-state index in [9.17, 15) is 9.59 Å². The van der Waals surface area contributed by atoms with E-state index in [1.165, 1.54) is 0 Å². The summed E-state index contributed by atoms with van der Waals surface area (Å²) in [4.78, 5) is 28.2. The number of Topliss-reactive ketones (excluding diaryl/α,β-unsaturated/α-hetero) is 1. The lowest BCUT2D eigenvalue weighted by Crippen LogP contribution is -2.37. The van der Waals surface area contributed by atoms with Crippen LogP contribution in [0.25, 0.3) is 0 Å². The Hall–Kier alpha value is -2.88. The van der Waals surface area contributed by atoms with E-state index in [1.807, 2.05) is 55.1 Å². The molecule has 0 saturated heterocycles. The highest BCUT2D eigenvalue weighted by Gasteiger charge is 2.38. The smallest absolute Gasteiger partial charge is 0.227 e. The Balaban J connectivity index is 1.97. The van der Waals surface area contributed by atoms with E-state index in [-0.39, 0.29) is 11.7 Å². The fourth-order valence-corrected chi connectivity index (χ4v) is 4.21. The molecule has 0 unspecified atom stereocenters. The fraction of sp³-hybridized carbons (Fsp3) is 0.333. The molecule has 4 heteroatoms. The van der Waals surface area contributed by atoms with Crippen LogP contribution in [0.4, 0.5) is 11.4 Å². The number of hydrogen-bond acceptors (Lipinski definition) is 3. The molecule has 1 heterocycles. The van der Waals surface area contributed by atoms with Crippen LogP contribution in [-0.2, 0) is 9.59 Å². The summed E-state index contributed by atoms with van der Waals surface area (Å²) < 4.78 is 0. The predicted octanol–water partition coefficient (Wildman–Crippen LogP) is 5.30. The number of nitrogens with zero attached hydrogens (tertiary/aromatic N) is 1. The van der Waals surface area contributed by atoms with Gasteiger partial charge >= 0.3 is 0 Å². The average molecular weight is 374 g/mol. The van der Waals surface area contributed by atoms with Crippen LogP contribution in [0.15, 0.2) is 59.8 Å². The predicted molar refractivity (Wildman–Crippen MR) is 112 cm³/mol. The fourth-order valence-electron chi connectivity index (χ4n) is 4.21. The summed E-state index contributed by atoms with van der Waals surface area (Å²) in [7, 11) is 0. The zero-order valence-corrected chi connectivity index (χ0v) is 16.5.